The fraction of sp³-hybridized carbons (Fsp3) is 0.407. The van der Waals surface area contributed by atoms with Gasteiger partial charge < -0.3 is 19.4 Å². The van der Waals surface area contributed by atoms with Crippen molar-refractivity contribution in [3.05, 3.63) is 66.1 Å². The van der Waals surface area contributed by atoms with Crippen LogP contribution in [0.1, 0.15) is 22.7 Å². The van der Waals surface area contributed by atoms with Crippen LogP contribution in [0.2, 0.25) is 0 Å². The first-order valence-electron chi connectivity index (χ1n) is 13.2. The molecule has 42 heavy (non-hydrogen) atoms. The molecule has 1 aliphatic heterocycles. The lowest BCUT2D eigenvalue weighted by atomic mass is 10.2. The van der Waals surface area contributed by atoms with Crippen molar-refractivity contribution in [2.45, 2.75) is 18.2 Å². The fourth-order valence-electron chi connectivity index (χ4n) is 4.39. The number of hydrogen-bond acceptors (Lipinski definition) is 10. The molecule has 1 fully saturated rings. The standard InChI is InChI=1S/C27H32N4O9S2/c1-41(35,36)17-7-12-31(26(33)24-28-21-10-5-6-11-23(21)40-24)25(32)22(29-27(34)30-13-15-39-16-14-30)19-42(37,38)18-20-8-3-2-4-9-20/h2-6,8-11,22H,7,12-19H2,1H3,(H,29,34). The van der Waals surface area contributed by atoms with Gasteiger partial charge in [0.25, 0.3) is 11.8 Å². The minimum Gasteiger partial charge on any atom is -0.432 e. The van der Waals surface area contributed by atoms with Gasteiger partial charge in [-0.2, -0.15) is 0 Å². The number of hydrogen-bond donors (Lipinski definition) is 1. The van der Waals surface area contributed by atoms with Crippen LogP contribution in [0.3, 0.4) is 0 Å². The summed E-state index contributed by atoms with van der Waals surface area (Å²) in [6.45, 7) is 0.608. The lowest BCUT2D eigenvalue weighted by molar-refractivity contribution is -0.130. The lowest BCUT2D eigenvalue weighted by Crippen LogP contribution is -2.57. The average molecular weight is 621 g/mol. The number of carbonyl (C=O) groups excluding carboxylic acids is 3. The summed E-state index contributed by atoms with van der Waals surface area (Å²) in [7, 11) is -7.44. The maximum Gasteiger partial charge on any atom is 0.318 e. The summed E-state index contributed by atoms with van der Waals surface area (Å²) in [6, 6.07) is 12.5. The molecule has 0 saturated carbocycles. The molecule has 1 aromatic heterocycles. The van der Waals surface area contributed by atoms with E-state index in [9.17, 15) is 31.2 Å². The first-order valence-corrected chi connectivity index (χ1v) is 17.1. The minimum absolute atomic E-state index is 0.128. The molecule has 3 aromatic rings. The molecule has 2 heterocycles. The Labute approximate surface area is 243 Å². The normalized spacial score (nSPS) is 14.8. The smallest absolute Gasteiger partial charge is 0.318 e. The highest BCUT2D eigenvalue weighted by molar-refractivity contribution is 7.90. The van der Waals surface area contributed by atoms with Gasteiger partial charge in [-0.05, 0) is 24.1 Å². The summed E-state index contributed by atoms with van der Waals surface area (Å²) in [5.74, 6) is -4.01. The largest absolute Gasteiger partial charge is 0.432 e. The van der Waals surface area contributed by atoms with E-state index < -0.39 is 61.0 Å². The number of morpholine rings is 1. The molecule has 226 valence electrons. The fourth-order valence-corrected chi connectivity index (χ4v) is 6.59. The summed E-state index contributed by atoms with van der Waals surface area (Å²) in [5.41, 5.74) is 1.12. The number of ether oxygens (including phenoxy) is 1. The predicted molar refractivity (Wildman–Crippen MR) is 153 cm³/mol. The third-order valence-corrected chi connectivity index (χ3v) is 9.07. The molecule has 0 bridgehead atoms. The highest BCUT2D eigenvalue weighted by Crippen LogP contribution is 2.18. The number of fused-ring (bicyclic) bond motifs is 1. The molecule has 4 rings (SSSR count). The number of carbonyl (C=O) groups is 3. The highest BCUT2D eigenvalue weighted by atomic mass is 32.2. The van der Waals surface area contributed by atoms with E-state index in [0.29, 0.717) is 16.0 Å². The Bertz CT molecular complexity index is 1600. The summed E-state index contributed by atoms with van der Waals surface area (Å²) in [5, 5.41) is 2.49. The summed E-state index contributed by atoms with van der Waals surface area (Å²) < 4.78 is 60.9. The predicted octanol–water partition coefficient (Wildman–Crippen LogP) is 1.26. The summed E-state index contributed by atoms with van der Waals surface area (Å²) in [6.07, 6.45) is 0.890. The Morgan fingerprint density at radius 3 is 2.33 bits per heavy atom. The minimum atomic E-state index is -3.99. The Morgan fingerprint density at radius 2 is 1.67 bits per heavy atom. The van der Waals surface area contributed by atoms with Crippen molar-refractivity contribution in [2.24, 2.45) is 0 Å². The molecule has 1 saturated heterocycles. The zero-order valence-electron chi connectivity index (χ0n) is 23.0. The second-order valence-corrected chi connectivity index (χ2v) is 14.3. The quantitative estimate of drug-likeness (QED) is 0.329. The van der Waals surface area contributed by atoms with Gasteiger partial charge >= 0.3 is 11.9 Å². The number of oxazole rings is 1. The maximum absolute atomic E-state index is 13.9. The van der Waals surface area contributed by atoms with Crippen molar-refractivity contribution in [1.29, 1.82) is 0 Å². The van der Waals surface area contributed by atoms with Gasteiger partial charge in [-0.25, -0.2) is 26.6 Å². The van der Waals surface area contributed by atoms with E-state index in [1.165, 1.54) is 4.90 Å². The number of para-hydroxylation sites is 2. The van der Waals surface area contributed by atoms with Crippen LogP contribution in [0.15, 0.2) is 59.0 Å². The molecule has 1 N–H and O–H groups in total. The Balaban J connectivity index is 1.65. The van der Waals surface area contributed by atoms with Gasteiger partial charge in [0.15, 0.2) is 15.4 Å². The highest BCUT2D eigenvalue weighted by Gasteiger charge is 2.36. The maximum atomic E-state index is 13.9. The van der Waals surface area contributed by atoms with Crippen LogP contribution in [0.4, 0.5) is 4.79 Å². The summed E-state index contributed by atoms with van der Waals surface area (Å²) in [4.78, 5) is 46.8. The van der Waals surface area contributed by atoms with Crippen molar-refractivity contribution >= 4 is 48.6 Å². The van der Waals surface area contributed by atoms with Crippen LogP contribution < -0.4 is 5.32 Å². The molecule has 1 aliphatic rings. The molecular weight excluding hydrogens is 588 g/mol. The SMILES string of the molecule is CS(=O)(=O)CCCN(C(=O)c1nc2ccccc2o1)C(=O)C(CS(=O)(=O)Cc1ccccc1)NC(=O)N1CCOCC1. The van der Waals surface area contributed by atoms with Crippen LogP contribution in [-0.2, 0) is 35.0 Å². The molecule has 1 atom stereocenters. The second kappa shape index (κ2) is 13.4. The number of nitrogens with one attached hydrogen (secondary N) is 1. The third-order valence-electron chi connectivity index (χ3n) is 6.43. The second-order valence-electron chi connectivity index (χ2n) is 9.91. The molecule has 2 aromatic carbocycles. The van der Waals surface area contributed by atoms with Gasteiger partial charge in [0.2, 0.25) is 0 Å². The molecule has 0 radical (unpaired) electrons. The van der Waals surface area contributed by atoms with E-state index in [-0.39, 0.29) is 50.6 Å². The number of sulfone groups is 2. The van der Waals surface area contributed by atoms with E-state index in [0.717, 1.165) is 6.26 Å². The van der Waals surface area contributed by atoms with Crippen LogP contribution in [0, 0.1) is 0 Å². The van der Waals surface area contributed by atoms with Crippen molar-refractivity contribution in [2.75, 3.05) is 50.6 Å². The number of amides is 4. The zero-order valence-corrected chi connectivity index (χ0v) is 24.6. The van der Waals surface area contributed by atoms with E-state index in [4.69, 9.17) is 9.15 Å². The first kappa shape index (κ1) is 31.1. The van der Waals surface area contributed by atoms with Crippen molar-refractivity contribution in [3.8, 4) is 0 Å². The lowest BCUT2D eigenvalue weighted by Gasteiger charge is -2.30. The van der Waals surface area contributed by atoms with Gasteiger partial charge in [0, 0.05) is 25.9 Å². The zero-order chi connectivity index (χ0) is 30.3. The summed E-state index contributed by atoms with van der Waals surface area (Å²) >= 11 is 0. The van der Waals surface area contributed by atoms with E-state index in [1.807, 2.05) is 0 Å². The molecule has 0 aliphatic carbocycles. The molecule has 4 amide bonds. The van der Waals surface area contributed by atoms with Crippen molar-refractivity contribution in [1.82, 2.24) is 20.1 Å². The van der Waals surface area contributed by atoms with Crippen LogP contribution >= 0.6 is 0 Å². The molecule has 13 nitrogen and oxygen atoms in total. The molecular formula is C27H32N4O9S2. The van der Waals surface area contributed by atoms with Gasteiger partial charge in [0.05, 0.1) is 30.5 Å². The van der Waals surface area contributed by atoms with E-state index in [2.05, 4.69) is 10.3 Å². The van der Waals surface area contributed by atoms with E-state index in [1.54, 1.807) is 54.6 Å². The Hall–Kier alpha value is -3.82. The van der Waals surface area contributed by atoms with Gasteiger partial charge in [-0.3, -0.25) is 14.5 Å². The monoisotopic (exact) mass is 620 g/mol. The van der Waals surface area contributed by atoms with Crippen LogP contribution in [0.5, 0.6) is 0 Å². The number of imide groups is 1. The van der Waals surface area contributed by atoms with Gasteiger partial charge in [-0.1, -0.05) is 42.5 Å². The topological polar surface area (TPSA) is 173 Å². The number of urea groups is 1. The Kier molecular flexibility index (Phi) is 9.96. The number of nitrogens with zero attached hydrogens (tertiary/aromatic N) is 3. The number of rotatable bonds is 11. The molecule has 15 heteroatoms. The van der Waals surface area contributed by atoms with Crippen LogP contribution in [-0.4, -0.2) is 106 Å². The first-order chi connectivity index (χ1) is 19.9. The number of aromatic nitrogens is 1. The third kappa shape index (κ3) is 8.59. The van der Waals surface area contributed by atoms with Crippen molar-refractivity contribution in [3.63, 3.8) is 0 Å². The van der Waals surface area contributed by atoms with Gasteiger partial charge in [-0.15, -0.1) is 0 Å². The van der Waals surface area contributed by atoms with Crippen molar-refractivity contribution < 1.29 is 40.4 Å². The van der Waals surface area contributed by atoms with Crippen LogP contribution in [0.25, 0.3) is 11.1 Å². The average Bonchev–Trinajstić information content (AvgIpc) is 3.39. The molecule has 0 spiro atoms. The van der Waals surface area contributed by atoms with Gasteiger partial charge in [0.1, 0.15) is 21.4 Å². The Morgan fingerprint density at radius 1 is 1.00 bits per heavy atom. The molecule has 1 unspecified atom stereocenters. The number of benzene rings is 2. The van der Waals surface area contributed by atoms with E-state index >= 15 is 0 Å².